The number of ether oxygens (including phenoxy) is 1. The van der Waals surface area contributed by atoms with Crippen LogP contribution in [0, 0.1) is 0 Å². The van der Waals surface area contributed by atoms with Gasteiger partial charge in [0.25, 0.3) is 0 Å². The Hall–Kier alpha value is -1.61. The van der Waals surface area contributed by atoms with Crippen molar-refractivity contribution in [2.24, 2.45) is 5.73 Å². The van der Waals surface area contributed by atoms with E-state index in [2.05, 4.69) is 6.92 Å². The number of thiocarbonyl (C=S) groups is 1. The lowest BCUT2D eigenvalue weighted by Crippen LogP contribution is -2.12. The van der Waals surface area contributed by atoms with Gasteiger partial charge in [0.1, 0.15) is 10.7 Å². The molecule has 18 heavy (non-hydrogen) atoms. The van der Waals surface area contributed by atoms with Crippen LogP contribution in [0.4, 0.5) is 0 Å². The summed E-state index contributed by atoms with van der Waals surface area (Å²) in [6.45, 7) is 2.84. The Kier molecular flexibility index (Phi) is 4.15. The van der Waals surface area contributed by atoms with Crippen LogP contribution in [0.5, 0.6) is 5.75 Å². The summed E-state index contributed by atoms with van der Waals surface area (Å²) in [5.41, 5.74) is 6.68. The molecule has 94 valence electrons. The second kappa shape index (κ2) is 5.83. The smallest absolute Gasteiger partial charge is 0.130 e. The molecule has 0 aliphatic carbocycles. The van der Waals surface area contributed by atoms with Crippen LogP contribution >= 0.6 is 12.2 Å². The van der Waals surface area contributed by atoms with E-state index in [9.17, 15) is 0 Å². The fraction of sp³-hybridized carbons (Fsp3) is 0.267. The van der Waals surface area contributed by atoms with Crippen molar-refractivity contribution in [1.29, 1.82) is 0 Å². The number of fused-ring (bicyclic) bond motifs is 1. The summed E-state index contributed by atoms with van der Waals surface area (Å²) in [5.74, 6) is 0.787. The molecule has 0 aliphatic heterocycles. The summed E-state index contributed by atoms with van der Waals surface area (Å²) in [4.78, 5) is 0.387. The van der Waals surface area contributed by atoms with Gasteiger partial charge in [-0.3, -0.25) is 0 Å². The first-order chi connectivity index (χ1) is 8.74. The molecule has 0 aliphatic rings. The standard InChI is InChI=1S/C15H17NOS/c1-2-3-10-17-13-9-8-11-6-4-5-7-12(11)14(13)15(16)18/h4-9H,2-3,10H2,1H3,(H2,16,18). The van der Waals surface area contributed by atoms with Crippen LogP contribution in [-0.2, 0) is 0 Å². The molecule has 3 heteroatoms. The van der Waals surface area contributed by atoms with E-state index in [1.165, 1.54) is 0 Å². The first-order valence-corrected chi connectivity index (χ1v) is 6.59. The molecule has 0 atom stereocenters. The van der Waals surface area contributed by atoms with Crippen molar-refractivity contribution in [3.63, 3.8) is 0 Å². The number of hydrogen-bond donors (Lipinski definition) is 1. The predicted octanol–water partition coefficient (Wildman–Crippen LogP) is 3.65. The Morgan fingerprint density at radius 1 is 1.22 bits per heavy atom. The highest BCUT2D eigenvalue weighted by molar-refractivity contribution is 7.80. The Labute approximate surface area is 113 Å². The summed E-state index contributed by atoms with van der Waals surface area (Å²) in [7, 11) is 0. The normalized spacial score (nSPS) is 10.5. The zero-order chi connectivity index (χ0) is 13.0. The van der Waals surface area contributed by atoms with Gasteiger partial charge < -0.3 is 10.5 Å². The van der Waals surface area contributed by atoms with E-state index >= 15 is 0 Å². The molecule has 0 saturated heterocycles. The lowest BCUT2D eigenvalue weighted by Gasteiger charge is -2.13. The molecule has 0 amide bonds. The third-order valence-electron chi connectivity index (χ3n) is 2.89. The van der Waals surface area contributed by atoms with Gasteiger partial charge in [0.15, 0.2) is 0 Å². The van der Waals surface area contributed by atoms with Crippen LogP contribution in [0.2, 0.25) is 0 Å². The molecular formula is C15H17NOS. The summed E-state index contributed by atoms with van der Waals surface area (Å²) in [6, 6.07) is 12.1. The highest BCUT2D eigenvalue weighted by atomic mass is 32.1. The van der Waals surface area contributed by atoms with E-state index in [4.69, 9.17) is 22.7 Å². The highest BCUT2D eigenvalue weighted by Crippen LogP contribution is 2.28. The summed E-state index contributed by atoms with van der Waals surface area (Å²) in [5, 5.41) is 2.18. The average Bonchev–Trinajstić information content (AvgIpc) is 2.38. The van der Waals surface area contributed by atoms with Crippen molar-refractivity contribution >= 4 is 28.0 Å². The second-order valence-electron chi connectivity index (χ2n) is 4.23. The average molecular weight is 259 g/mol. The molecule has 0 unspecified atom stereocenters. The molecule has 2 aromatic carbocycles. The molecule has 0 heterocycles. The van der Waals surface area contributed by atoms with Crippen molar-refractivity contribution in [1.82, 2.24) is 0 Å². The van der Waals surface area contributed by atoms with Gasteiger partial charge in [-0.2, -0.15) is 0 Å². The van der Waals surface area contributed by atoms with Gasteiger partial charge in [0.05, 0.1) is 12.2 Å². The minimum absolute atomic E-state index is 0.387. The molecule has 0 radical (unpaired) electrons. The largest absolute Gasteiger partial charge is 0.493 e. The predicted molar refractivity (Wildman–Crippen MR) is 80.2 cm³/mol. The molecule has 0 spiro atoms. The Morgan fingerprint density at radius 3 is 2.72 bits per heavy atom. The Bertz CT molecular complexity index is 565. The zero-order valence-corrected chi connectivity index (χ0v) is 11.3. The van der Waals surface area contributed by atoms with Crippen LogP contribution in [0.15, 0.2) is 36.4 Å². The number of unbranched alkanes of at least 4 members (excludes halogenated alkanes) is 1. The number of rotatable bonds is 5. The van der Waals surface area contributed by atoms with Crippen LogP contribution < -0.4 is 10.5 Å². The summed E-state index contributed by atoms with van der Waals surface area (Å²) >= 11 is 5.15. The lowest BCUT2D eigenvalue weighted by molar-refractivity contribution is 0.309. The van der Waals surface area contributed by atoms with E-state index in [1.54, 1.807) is 0 Å². The SMILES string of the molecule is CCCCOc1ccc2ccccc2c1C(N)=S. The van der Waals surface area contributed by atoms with Gasteiger partial charge in [0.2, 0.25) is 0 Å². The van der Waals surface area contributed by atoms with E-state index in [-0.39, 0.29) is 0 Å². The third-order valence-corrected chi connectivity index (χ3v) is 3.10. The first-order valence-electron chi connectivity index (χ1n) is 6.18. The molecule has 2 N–H and O–H groups in total. The van der Waals surface area contributed by atoms with Gasteiger partial charge in [-0.05, 0) is 23.3 Å². The first kappa shape index (κ1) is 12.8. The van der Waals surface area contributed by atoms with E-state index in [1.807, 2.05) is 36.4 Å². The number of benzene rings is 2. The molecule has 0 fully saturated rings. The van der Waals surface area contributed by atoms with Crippen molar-refractivity contribution in [3.8, 4) is 5.75 Å². The topological polar surface area (TPSA) is 35.2 Å². The zero-order valence-electron chi connectivity index (χ0n) is 10.5. The van der Waals surface area contributed by atoms with Crippen molar-refractivity contribution < 1.29 is 4.74 Å². The quantitative estimate of drug-likeness (QED) is 0.657. The van der Waals surface area contributed by atoms with Crippen LogP contribution in [0.1, 0.15) is 25.3 Å². The molecular weight excluding hydrogens is 242 g/mol. The fourth-order valence-corrected chi connectivity index (χ4v) is 2.16. The third kappa shape index (κ3) is 2.62. The van der Waals surface area contributed by atoms with Gasteiger partial charge in [-0.15, -0.1) is 0 Å². The van der Waals surface area contributed by atoms with E-state index < -0.39 is 0 Å². The molecule has 0 bridgehead atoms. The minimum atomic E-state index is 0.387. The lowest BCUT2D eigenvalue weighted by atomic mass is 10.0. The molecule has 2 rings (SSSR count). The summed E-state index contributed by atoms with van der Waals surface area (Å²) < 4.78 is 5.78. The summed E-state index contributed by atoms with van der Waals surface area (Å²) in [6.07, 6.45) is 2.14. The van der Waals surface area contributed by atoms with Gasteiger partial charge in [-0.1, -0.05) is 55.9 Å². The fourth-order valence-electron chi connectivity index (χ4n) is 1.95. The highest BCUT2D eigenvalue weighted by Gasteiger charge is 2.10. The second-order valence-corrected chi connectivity index (χ2v) is 4.67. The maximum atomic E-state index is 5.84. The van der Waals surface area contributed by atoms with E-state index in [0.29, 0.717) is 11.6 Å². The minimum Gasteiger partial charge on any atom is -0.493 e. The van der Waals surface area contributed by atoms with Gasteiger partial charge >= 0.3 is 0 Å². The number of nitrogens with two attached hydrogens (primary N) is 1. The molecule has 2 nitrogen and oxygen atoms in total. The van der Waals surface area contributed by atoms with Gasteiger partial charge in [0, 0.05) is 0 Å². The molecule has 0 saturated carbocycles. The maximum Gasteiger partial charge on any atom is 0.130 e. The van der Waals surface area contributed by atoms with E-state index in [0.717, 1.165) is 34.9 Å². The van der Waals surface area contributed by atoms with Crippen molar-refractivity contribution in [2.45, 2.75) is 19.8 Å². The van der Waals surface area contributed by atoms with Crippen molar-refractivity contribution in [2.75, 3.05) is 6.61 Å². The molecule has 2 aromatic rings. The van der Waals surface area contributed by atoms with Crippen LogP contribution in [0.25, 0.3) is 10.8 Å². The Morgan fingerprint density at radius 2 is 2.00 bits per heavy atom. The van der Waals surface area contributed by atoms with Crippen molar-refractivity contribution in [3.05, 3.63) is 42.0 Å². The Balaban J connectivity index is 2.46. The van der Waals surface area contributed by atoms with Crippen LogP contribution in [-0.4, -0.2) is 11.6 Å². The van der Waals surface area contributed by atoms with Gasteiger partial charge in [-0.25, -0.2) is 0 Å². The number of hydrogen-bond acceptors (Lipinski definition) is 2. The molecule has 0 aromatic heterocycles. The maximum absolute atomic E-state index is 5.84. The van der Waals surface area contributed by atoms with Crippen LogP contribution in [0.3, 0.4) is 0 Å². The monoisotopic (exact) mass is 259 g/mol.